The maximum Gasteiger partial charge on any atom is 0.411 e. The van der Waals surface area contributed by atoms with Gasteiger partial charge in [0, 0.05) is 44.0 Å². The van der Waals surface area contributed by atoms with Gasteiger partial charge in [0.25, 0.3) is 5.91 Å². The van der Waals surface area contributed by atoms with Gasteiger partial charge in [-0.05, 0) is 88.4 Å². The minimum atomic E-state index is -2.20. The minimum Gasteiger partial charge on any atom is -0.492 e. The monoisotopic (exact) mass is 1460 g/mol. The standard InChI is InChI=1S/C60H80IN5O23S3/c1-13-62-31-25-82-36(23-35(31)77-8)87-49-44(70)41(66-89-37-22-32(67)51(29(5)83-37)91-54(73)38-26(2)40(61)47(50(80-11)46(38)78-9)88-55-45(71)48(79-10)43(69)28(4)85-55)27(3)84-56(49)86-34-18-16-14-15-17-20-60(76)24-33(68)42(63-58(75)81-12)39(34)30(60)19-21-90-92-59(6,7)52-53(72)65-57(74)64-52/h14-15,19,27-29,31-32,34-37,41,43-45,48-49,51-52,55-56,62,66-67,69-71,76H,13,21-25H2,1-12H3,(H,63,75)(H2,64,65,72,74)/b15-14?,30-19+/t27-,28+,29-,31+,32+,34+,35+,36+,37+,41-,43+,44+,45-,48-,49-,51-,52?,55+,56+,60+/m1/s1. The van der Waals surface area contributed by atoms with Crippen molar-refractivity contribution in [1.29, 1.82) is 0 Å². The Kier molecular flexibility index (Phi) is 25.7. The number of ketones is 1. The van der Waals surface area contributed by atoms with Gasteiger partial charge in [-0.15, -0.1) is 0 Å². The molecule has 10 N–H and O–H groups in total. The summed E-state index contributed by atoms with van der Waals surface area (Å²) in [6, 6.07) is -2.85. The Hall–Kier alpha value is -4.35. The van der Waals surface area contributed by atoms with Crippen LogP contribution in [0.25, 0.3) is 0 Å². The second kappa shape index (κ2) is 32.1. The molecule has 0 radical (unpaired) electrons. The van der Waals surface area contributed by atoms with Crippen LogP contribution in [0.4, 0.5) is 9.59 Å². The molecule has 0 saturated carbocycles. The molecule has 4 amide bonds. The molecular weight excluding hydrogens is 1380 g/mol. The van der Waals surface area contributed by atoms with E-state index in [1.54, 1.807) is 54.7 Å². The molecule has 92 heavy (non-hydrogen) atoms. The van der Waals surface area contributed by atoms with Crippen molar-refractivity contribution in [2.45, 2.75) is 194 Å². The predicted octanol–water partition coefficient (Wildman–Crippen LogP) is 1.91. The maximum absolute atomic E-state index is 14.5. The summed E-state index contributed by atoms with van der Waals surface area (Å²) in [6.45, 7) is 12.8. The maximum atomic E-state index is 14.5. The van der Waals surface area contributed by atoms with Crippen molar-refractivity contribution in [2.75, 3.05) is 54.5 Å². The Morgan fingerprint density at radius 3 is 2.25 bits per heavy atom. The molecule has 5 saturated heterocycles. The number of fused-ring (bicyclic) bond motifs is 2. The number of aliphatic hydroxyl groups excluding tert-OH is 4. The molecule has 1 aromatic carbocycles. The predicted molar refractivity (Wildman–Crippen MR) is 341 cm³/mol. The van der Waals surface area contributed by atoms with Crippen LogP contribution in [0, 0.1) is 34.2 Å². The van der Waals surface area contributed by atoms with E-state index in [0.29, 0.717) is 15.7 Å². The highest BCUT2D eigenvalue weighted by Gasteiger charge is 2.53. The number of carbonyl (C=O) groups excluding carboxylic acids is 5. The fourth-order valence-corrected chi connectivity index (χ4v) is 15.8. The summed E-state index contributed by atoms with van der Waals surface area (Å²) in [5.74, 6) is 10.4. The topological polar surface area (TPSA) is 367 Å². The van der Waals surface area contributed by atoms with E-state index in [9.17, 15) is 49.5 Å². The number of hydrogen-bond donors (Lipinski definition) is 10. The third-order valence-electron chi connectivity index (χ3n) is 16.4. The van der Waals surface area contributed by atoms with Crippen LogP contribution < -0.4 is 41.0 Å². The third-order valence-corrected chi connectivity index (χ3v) is 22.2. The Morgan fingerprint density at radius 1 is 0.880 bits per heavy atom. The molecule has 2 aliphatic carbocycles. The SMILES string of the molecule is CCN[C@H]1CO[C@@H](O[C@H]2[C@H](O[C@H]3C#CC=CC#C[C@]4(O)CC(=O)C(NC(=O)OC)=C3/C4=C\CSSC(C)(C)C3NC(=O)NC3=O)O[C@H](C)[C@@H](NO[C@H]3C[C@H](O)[C@H](SC(=O)c4c(C)c(I)c(O[C@@H]5O[C@@H](C)[C@H](O)[C@@H](OC)[C@H]5O)c(OC)c4OC)[C@@H](C)O3)[C@@H]2O)C[C@@H]1OC. The number of likely N-dealkylation sites (N-methyl/N-ethyl adjacent to an activating group) is 1. The number of Topliss-reactive ketones (excluding diaryl/α,β-unsaturated/α-hetero) is 1. The van der Waals surface area contributed by atoms with Gasteiger partial charge in [-0.2, -0.15) is 5.48 Å². The van der Waals surface area contributed by atoms with Crippen molar-refractivity contribution in [3.63, 3.8) is 0 Å². The lowest BCUT2D eigenvalue weighted by Gasteiger charge is -2.46. The number of imide groups is 1. The summed E-state index contributed by atoms with van der Waals surface area (Å²) < 4.78 is 71.9. The van der Waals surface area contributed by atoms with Crippen molar-refractivity contribution >= 4 is 84.9 Å². The zero-order valence-electron chi connectivity index (χ0n) is 52.6. The van der Waals surface area contributed by atoms with Crippen LogP contribution in [-0.2, 0) is 57.1 Å². The van der Waals surface area contributed by atoms with Crippen molar-refractivity contribution in [3.8, 4) is 40.9 Å². The molecule has 2 bridgehead atoms. The van der Waals surface area contributed by atoms with Crippen LogP contribution in [0.1, 0.15) is 76.7 Å². The Bertz CT molecular complexity index is 3110. The molecule has 7 aliphatic rings. The zero-order chi connectivity index (χ0) is 67.1. The molecular formula is C60H80IN5O23S3. The number of alkyl carbamates (subject to hydrolysis) is 1. The molecule has 28 nitrogen and oxygen atoms in total. The number of thioether (sulfide) groups is 1. The van der Waals surface area contributed by atoms with Gasteiger partial charge in [-0.1, -0.05) is 70.0 Å². The molecule has 5 aliphatic heterocycles. The summed E-state index contributed by atoms with van der Waals surface area (Å²) in [5, 5.41) is 67.9. The number of hydroxylamine groups is 1. The molecule has 0 aromatic heterocycles. The van der Waals surface area contributed by atoms with E-state index in [-0.39, 0.29) is 70.9 Å². The van der Waals surface area contributed by atoms with Gasteiger partial charge in [0.1, 0.15) is 42.7 Å². The second-order valence-electron chi connectivity index (χ2n) is 22.9. The average molecular weight is 1460 g/mol. The first-order valence-electron chi connectivity index (χ1n) is 29.5. The molecule has 0 spiro atoms. The van der Waals surface area contributed by atoms with E-state index in [2.05, 4.69) is 50.4 Å². The number of aliphatic hydroxyl groups is 5. The molecule has 1 unspecified atom stereocenters. The fourth-order valence-electron chi connectivity index (χ4n) is 11.6. The fraction of sp³-hybridized carbons (Fsp3) is 0.650. The highest BCUT2D eigenvalue weighted by molar-refractivity contribution is 14.1. The van der Waals surface area contributed by atoms with E-state index >= 15 is 0 Å². The largest absolute Gasteiger partial charge is 0.492 e. The number of rotatable bonds is 23. The van der Waals surface area contributed by atoms with Gasteiger partial charge in [0.05, 0.1) is 102 Å². The summed E-state index contributed by atoms with van der Waals surface area (Å²) >= 11 is 2.80. The van der Waals surface area contributed by atoms with Crippen molar-refractivity contribution in [3.05, 3.63) is 49.8 Å². The number of ether oxygens (including phenoxy) is 12. The van der Waals surface area contributed by atoms with Crippen LogP contribution in [-0.4, -0.2) is 235 Å². The van der Waals surface area contributed by atoms with Gasteiger partial charge in [0.2, 0.25) is 17.2 Å². The lowest BCUT2D eigenvalue weighted by Crippen LogP contribution is -2.65. The first-order chi connectivity index (χ1) is 43.7. The van der Waals surface area contributed by atoms with E-state index in [0.717, 1.165) is 18.9 Å². The molecule has 32 heteroatoms. The number of hydrogen-bond acceptors (Lipinski definition) is 28. The van der Waals surface area contributed by atoms with Crippen molar-refractivity contribution in [2.24, 2.45) is 0 Å². The first kappa shape index (κ1) is 73.5. The first-order valence-corrected chi connectivity index (χ1v) is 33.8. The van der Waals surface area contributed by atoms with Gasteiger partial charge in [-0.25, -0.2) is 9.59 Å². The summed E-state index contributed by atoms with van der Waals surface area (Å²) in [7, 11) is 9.24. The number of urea groups is 1. The molecule has 1 aromatic rings. The van der Waals surface area contributed by atoms with E-state index in [1.165, 1.54) is 55.1 Å². The number of halogens is 1. The van der Waals surface area contributed by atoms with Crippen molar-refractivity contribution in [1.82, 2.24) is 26.7 Å². The van der Waals surface area contributed by atoms with E-state index in [4.69, 9.17) is 61.7 Å². The van der Waals surface area contributed by atoms with Crippen LogP contribution in [0.2, 0.25) is 0 Å². The second-order valence-corrected chi connectivity index (χ2v) is 28.1. The van der Waals surface area contributed by atoms with Crippen molar-refractivity contribution < 1.29 is 111 Å². The number of methoxy groups -OCH3 is 5. The Labute approximate surface area is 558 Å². The highest BCUT2D eigenvalue weighted by atomic mass is 127. The smallest absolute Gasteiger partial charge is 0.411 e. The molecule has 20 atom stereocenters. The minimum absolute atomic E-state index is 0.00995. The number of allylic oxidation sites excluding steroid dienone is 3. The Balaban J connectivity index is 1.03. The van der Waals surface area contributed by atoms with Crippen LogP contribution in [0.5, 0.6) is 17.2 Å². The molecule has 8 rings (SSSR count). The molecule has 508 valence electrons. The normalized spacial score (nSPS) is 35.2. The number of carbonyl (C=O) groups is 5. The van der Waals surface area contributed by atoms with E-state index in [1.807, 2.05) is 29.5 Å². The third kappa shape index (κ3) is 16.4. The van der Waals surface area contributed by atoms with Crippen LogP contribution in [0.3, 0.4) is 0 Å². The quantitative estimate of drug-likeness (QED) is 0.0187. The summed E-state index contributed by atoms with van der Waals surface area (Å²) in [5.41, 5.74) is 0.788. The molecule has 5 fully saturated rings. The number of benzene rings is 1. The Morgan fingerprint density at radius 2 is 1.60 bits per heavy atom. The van der Waals surface area contributed by atoms with Gasteiger partial charge < -0.3 is 93.0 Å². The van der Waals surface area contributed by atoms with Gasteiger partial charge in [-0.3, -0.25) is 29.9 Å². The number of amides is 4. The number of nitrogens with one attached hydrogen (secondary N) is 5. The lowest BCUT2D eigenvalue weighted by atomic mass is 9.75. The van der Waals surface area contributed by atoms with Gasteiger partial charge >= 0.3 is 12.1 Å². The lowest BCUT2D eigenvalue weighted by molar-refractivity contribution is -0.336. The average Bonchev–Trinajstić information content (AvgIpc) is 0.893. The highest BCUT2D eigenvalue weighted by Crippen LogP contribution is 2.49. The van der Waals surface area contributed by atoms with Crippen LogP contribution in [0.15, 0.2) is 35.1 Å². The summed E-state index contributed by atoms with van der Waals surface area (Å²) in [6.07, 6.45) is -14.9. The molecule has 5 heterocycles. The van der Waals surface area contributed by atoms with Gasteiger partial charge in [0.15, 0.2) is 41.8 Å². The zero-order valence-corrected chi connectivity index (χ0v) is 57.2. The summed E-state index contributed by atoms with van der Waals surface area (Å²) in [4.78, 5) is 72.7. The van der Waals surface area contributed by atoms with Crippen LogP contribution >= 0.6 is 55.9 Å². The van der Waals surface area contributed by atoms with E-state index < -0.39 is 155 Å².